The van der Waals surface area contributed by atoms with E-state index in [1.54, 1.807) is 11.8 Å². The lowest BCUT2D eigenvalue weighted by Crippen LogP contribution is -2.52. The van der Waals surface area contributed by atoms with E-state index in [0.29, 0.717) is 13.1 Å². The molecule has 21 heavy (non-hydrogen) atoms. The topological polar surface area (TPSA) is 90.0 Å². The molecule has 0 aromatic heterocycles. The van der Waals surface area contributed by atoms with Gasteiger partial charge in [0.15, 0.2) is 0 Å². The number of hydrogen-bond donors (Lipinski definition) is 2. The van der Waals surface area contributed by atoms with Gasteiger partial charge in [-0.1, -0.05) is 13.8 Å². The molecule has 2 N–H and O–H groups in total. The molecule has 0 aromatic carbocycles. The van der Waals surface area contributed by atoms with Crippen LogP contribution < -0.4 is 5.32 Å². The van der Waals surface area contributed by atoms with E-state index in [9.17, 15) is 14.4 Å². The van der Waals surface area contributed by atoms with E-state index in [-0.39, 0.29) is 24.8 Å². The minimum atomic E-state index is -0.936. The molecule has 120 valence electrons. The lowest BCUT2D eigenvalue weighted by molar-refractivity contribution is -0.138. The first kappa shape index (κ1) is 17.4. The number of nitrogens with zero attached hydrogens (tertiary/aromatic N) is 2. The number of hydrogen-bond acceptors (Lipinski definition) is 4. The van der Waals surface area contributed by atoms with Crippen molar-refractivity contribution in [3.8, 4) is 0 Å². The highest BCUT2D eigenvalue weighted by Gasteiger charge is 2.22. The molecule has 1 rings (SSSR count). The predicted octanol–water partition coefficient (Wildman–Crippen LogP) is 0.751. The van der Waals surface area contributed by atoms with Crippen LogP contribution in [0.25, 0.3) is 0 Å². The van der Waals surface area contributed by atoms with E-state index in [1.807, 2.05) is 0 Å². The molecule has 0 saturated carbocycles. The van der Waals surface area contributed by atoms with Gasteiger partial charge in [-0.3, -0.25) is 19.8 Å². The van der Waals surface area contributed by atoms with E-state index < -0.39 is 11.9 Å². The lowest BCUT2D eigenvalue weighted by atomic mass is 10.0. The smallest absolute Gasteiger partial charge is 0.324 e. The Morgan fingerprint density at radius 1 is 1.14 bits per heavy atom. The Hall–Kier alpha value is -1.63. The van der Waals surface area contributed by atoms with Crippen molar-refractivity contribution in [3.05, 3.63) is 0 Å². The van der Waals surface area contributed by atoms with Gasteiger partial charge >= 0.3 is 12.0 Å². The molecule has 7 heteroatoms. The zero-order chi connectivity index (χ0) is 15.8. The summed E-state index contributed by atoms with van der Waals surface area (Å²) in [5.41, 5.74) is 0. The first-order chi connectivity index (χ1) is 9.92. The van der Waals surface area contributed by atoms with Gasteiger partial charge in [0, 0.05) is 39.0 Å². The monoisotopic (exact) mass is 299 g/mol. The average Bonchev–Trinajstić information content (AvgIpc) is 2.38. The fourth-order valence-electron chi connectivity index (χ4n) is 2.43. The number of carbonyl (C=O) groups excluding carboxylic acids is 2. The summed E-state index contributed by atoms with van der Waals surface area (Å²) in [6, 6.07) is -0.376. The van der Waals surface area contributed by atoms with Gasteiger partial charge in [0.1, 0.15) is 0 Å². The molecule has 7 nitrogen and oxygen atoms in total. The number of aliphatic carboxylic acids is 1. The number of carboxylic acids is 1. The molecule has 3 amide bonds. The molecule has 1 aliphatic rings. The largest absolute Gasteiger partial charge is 0.481 e. The second-order valence-electron chi connectivity index (χ2n) is 5.59. The van der Waals surface area contributed by atoms with Gasteiger partial charge in [0.2, 0.25) is 5.91 Å². The number of rotatable bonds is 6. The van der Waals surface area contributed by atoms with Crippen molar-refractivity contribution in [3.63, 3.8) is 0 Å². The van der Waals surface area contributed by atoms with Crippen molar-refractivity contribution in [2.75, 3.05) is 32.7 Å². The van der Waals surface area contributed by atoms with Crippen molar-refractivity contribution in [2.24, 2.45) is 5.92 Å². The third-order valence-corrected chi connectivity index (χ3v) is 3.50. The van der Waals surface area contributed by atoms with E-state index in [1.165, 1.54) is 0 Å². The Bertz CT molecular complexity index is 378. The molecule has 1 aliphatic heterocycles. The van der Waals surface area contributed by atoms with Crippen LogP contribution in [0.1, 0.15) is 33.1 Å². The van der Waals surface area contributed by atoms with Crippen LogP contribution >= 0.6 is 0 Å². The summed E-state index contributed by atoms with van der Waals surface area (Å²) in [5.74, 6) is -1.63. The number of carboxylic acid groups (broad SMARTS) is 1. The second kappa shape index (κ2) is 8.61. The predicted molar refractivity (Wildman–Crippen MR) is 77.9 cm³/mol. The van der Waals surface area contributed by atoms with Crippen molar-refractivity contribution >= 4 is 17.9 Å². The lowest BCUT2D eigenvalue weighted by Gasteiger charge is -2.34. The zero-order valence-corrected chi connectivity index (χ0v) is 12.8. The summed E-state index contributed by atoms with van der Waals surface area (Å²) in [4.78, 5) is 38.1. The zero-order valence-electron chi connectivity index (χ0n) is 12.8. The quantitative estimate of drug-likeness (QED) is 0.755. The number of imide groups is 1. The molecular formula is C14H25N3O4. The first-order valence-corrected chi connectivity index (χ1v) is 7.45. The van der Waals surface area contributed by atoms with Crippen molar-refractivity contribution in [1.82, 2.24) is 15.1 Å². The Balaban J connectivity index is 2.30. The van der Waals surface area contributed by atoms with Crippen LogP contribution in [-0.4, -0.2) is 65.5 Å². The highest BCUT2D eigenvalue weighted by molar-refractivity contribution is 5.94. The Morgan fingerprint density at radius 2 is 1.76 bits per heavy atom. The Labute approximate surface area is 125 Å². The van der Waals surface area contributed by atoms with Crippen LogP contribution in [0, 0.1) is 5.92 Å². The average molecular weight is 299 g/mol. The fraction of sp³-hybridized carbons (Fsp3) is 0.786. The van der Waals surface area contributed by atoms with E-state index in [4.69, 9.17) is 5.11 Å². The summed E-state index contributed by atoms with van der Waals surface area (Å²) in [6.45, 7) is 7.71. The molecule has 0 spiro atoms. The van der Waals surface area contributed by atoms with Crippen molar-refractivity contribution < 1.29 is 19.5 Å². The second-order valence-corrected chi connectivity index (χ2v) is 5.59. The minimum absolute atomic E-state index is 0.0494. The summed E-state index contributed by atoms with van der Waals surface area (Å²) in [7, 11) is 0. The highest BCUT2D eigenvalue weighted by Crippen LogP contribution is 2.08. The number of nitrogens with one attached hydrogen (secondary N) is 1. The summed E-state index contributed by atoms with van der Waals surface area (Å²) >= 11 is 0. The Morgan fingerprint density at radius 3 is 2.29 bits per heavy atom. The maximum absolute atomic E-state index is 11.9. The van der Waals surface area contributed by atoms with Crippen LogP contribution in [0.15, 0.2) is 0 Å². The van der Waals surface area contributed by atoms with Gasteiger partial charge in [-0.2, -0.15) is 0 Å². The van der Waals surface area contributed by atoms with Crippen LogP contribution in [0.3, 0.4) is 0 Å². The third-order valence-electron chi connectivity index (χ3n) is 3.50. The minimum Gasteiger partial charge on any atom is -0.481 e. The van der Waals surface area contributed by atoms with Gasteiger partial charge in [0.05, 0.1) is 0 Å². The number of urea groups is 1. The van der Waals surface area contributed by atoms with Gasteiger partial charge in [0.25, 0.3) is 0 Å². The van der Waals surface area contributed by atoms with Crippen LogP contribution in [0.4, 0.5) is 4.79 Å². The molecular weight excluding hydrogens is 274 g/mol. The molecule has 0 aromatic rings. The van der Waals surface area contributed by atoms with Gasteiger partial charge in [-0.05, 0) is 18.9 Å². The molecule has 1 unspecified atom stereocenters. The number of carbonyl (C=O) groups is 3. The van der Waals surface area contributed by atoms with Gasteiger partial charge in [-0.15, -0.1) is 0 Å². The maximum atomic E-state index is 11.9. The van der Waals surface area contributed by atoms with Crippen molar-refractivity contribution in [1.29, 1.82) is 0 Å². The molecule has 0 aliphatic carbocycles. The number of amides is 3. The molecule has 0 bridgehead atoms. The fourth-order valence-corrected chi connectivity index (χ4v) is 2.43. The van der Waals surface area contributed by atoms with Gasteiger partial charge in [-0.25, -0.2) is 4.79 Å². The first-order valence-electron chi connectivity index (χ1n) is 7.45. The highest BCUT2D eigenvalue weighted by atomic mass is 16.4. The Kier molecular flexibility index (Phi) is 7.14. The van der Waals surface area contributed by atoms with E-state index in [0.717, 1.165) is 26.1 Å². The van der Waals surface area contributed by atoms with Crippen molar-refractivity contribution in [2.45, 2.75) is 33.1 Å². The SMILES string of the molecule is CCCN1CCN(C(=O)NC(=O)CC(C)CC(=O)O)CC1. The molecule has 0 radical (unpaired) electrons. The van der Waals surface area contributed by atoms with E-state index in [2.05, 4.69) is 17.1 Å². The molecule has 1 saturated heterocycles. The molecule has 1 atom stereocenters. The summed E-state index contributed by atoms with van der Waals surface area (Å²) in [5, 5.41) is 11.0. The standard InChI is InChI=1S/C14H25N3O4/c1-3-4-16-5-7-17(8-6-16)14(21)15-12(18)9-11(2)10-13(19)20/h11H,3-10H2,1-2H3,(H,19,20)(H,15,18,21). The third kappa shape index (κ3) is 6.57. The van der Waals surface area contributed by atoms with Gasteiger partial charge < -0.3 is 10.0 Å². The molecule has 1 fully saturated rings. The number of piperazine rings is 1. The summed E-state index contributed by atoms with van der Waals surface area (Å²) in [6.07, 6.45) is 1.07. The van der Waals surface area contributed by atoms with Crippen LogP contribution in [-0.2, 0) is 9.59 Å². The van der Waals surface area contributed by atoms with Crippen LogP contribution in [0.2, 0.25) is 0 Å². The van der Waals surface area contributed by atoms with Crippen LogP contribution in [0.5, 0.6) is 0 Å². The summed E-state index contributed by atoms with van der Waals surface area (Å²) < 4.78 is 0. The molecule has 1 heterocycles. The maximum Gasteiger partial charge on any atom is 0.324 e. The van der Waals surface area contributed by atoms with E-state index >= 15 is 0 Å². The normalized spacial score (nSPS) is 17.3.